The molecule has 0 N–H and O–H groups in total. The van der Waals surface area contributed by atoms with Crippen LogP contribution in [0.3, 0.4) is 0 Å². The van der Waals surface area contributed by atoms with E-state index in [9.17, 15) is 9.59 Å². The number of hydrogen-bond acceptors (Lipinski definition) is 13. The maximum absolute atomic E-state index is 15.1. The summed E-state index contributed by atoms with van der Waals surface area (Å²) in [6.45, 7) is 13.9. The van der Waals surface area contributed by atoms with E-state index >= 15 is 4.79 Å². The number of thiazole rings is 1. The number of cyclic esters (lactones) is 1. The van der Waals surface area contributed by atoms with E-state index in [1.165, 1.54) is 4.88 Å². The van der Waals surface area contributed by atoms with Crippen molar-refractivity contribution in [1.29, 1.82) is 0 Å². The molecule has 17 atom stereocenters. The quantitative estimate of drug-likeness (QED) is 0.227. The van der Waals surface area contributed by atoms with Gasteiger partial charge in [-0.2, -0.15) is 0 Å². The third-order valence-corrected chi connectivity index (χ3v) is 15.8. The molecule has 60 heavy (non-hydrogen) atoms. The van der Waals surface area contributed by atoms with Gasteiger partial charge in [0, 0.05) is 69.3 Å². The van der Waals surface area contributed by atoms with E-state index in [2.05, 4.69) is 13.0 Å². The minimum absolute atomic E-state index is 0.00738. The zero-order valence-corrected chi connectivity index (χ0v) is 38.4. The summed E-state index contributed by atoms with van der Waals surface area (Å²) in [6, 6.07) is -0.0445. The Morgan fingerprint density at radius 2 is 1.67 bits per heavy atom. The molecule has 13 nitrogen and oxygen atoms in total. The summed E-state index contributed by atoms with van der Waals surface area (Å²) < 4.78 is 50.2. The minimum atomic E-state index is -0.645. The summed E-state index contributed by atoms with van der Waals surface area (Å²) in [7, 11) is 6.81. The lowest BCUT2D eigenvalue weighted by atomic mass is 9.67. The van der Waals surface area contributed by atoms with Crippen LogP contribution in [0, 0.1) is 36.5 Å². The number of Topliss-reactive ketones (excluding diaryl/α,β-unsaturated/α-hetero) is 1. The molecule has 3 unspecified atom stereocenters. The predicted molar refractivity (Wildman–Crippen MR) is 224 cm³/mol. The van der Waals surface area contributed by atoms with E-state index in [1.54, 1.807) is 32.7 Å². The molecule has 6 aliphatic rings. The number of amides is 1. The van der Waals surface area contributed by atoms with Gasteiger partial charge in [0.2, 0.25) is 5.91 Å². The molecule has 0 bridgehead atoms. The van der Waals surface area contributed by atoms with E-state index < -0.39 is 30.7 Å². The van der Waals surface area contributed by atoms with E-state index in [1.807, 2.05) is 53.5 Å². The van der Waals surface area contributed by atoms with Crippen molar-refractivity contribution < 1.29 is 52.3 Å². The van der Waals surface area contributed by atoms with Gasteiger partial charge in [0.15, 0.2) is 18.4 Å². The maximum atomic E-state index is 15.1. The third-order valence-electron chi connectivity index (χ3n) is 14.7. The molecular formula is C46H70N2O11S. The van der Waals surface area contributed by atoms with Gasteiger partial charge in [0.1, 0.15) is 24.4 Å². The number of aromatic nitrogens is 1. The fourth-order valence-electron chi connectivity index (χ4n) is 11.6. The SMILES string of the molecule is CC[C@H]1CCC[C@H](O[C@H]2CC[C@H](N(C)C(=O)C(C)C)C(C)O2)[C@@H](C)C(=O)C2=C[C@H]3[C@@H]4C[C@H](O[C@@H]5OC(C)[C@H](OC)[C@@H](OC)C5OC)C[C@H]4c4sc(C)nc4[C@H]3[C@@H]2CC(=O)O1. The number of likely N-dealkylation sites (N-methyl/N-ethyl adjacent to an activating group) is 1. The third kappa shape index (κ3) is 8.92. The Bertz CT molecular complexity index is 1720. The number of ether oxygens (including phenoxy) is 8. The molecule has 0 spiro atoms. The maximum Gasteiger partial charge on any atom is 0.306 e. The Hall–Kier alpha value is -2.30. The standard InChI is InChI=1S/C46H70N2O11S/c1-12-27-14-13-15-35(59-37-17-16-34(24(5)55-37)48(8)45(51)22(2)3)23(4)40(50)32-20-30-29-18-28(58-46-43(54-11)42(53-10)41(52-9)25(6)56-46)19-33(29)44-39(47-26(7)60-44)38(30)31(32)21-36(49)57-27/h20,22-25,27-31,33-35,37-38,41-43,46H,12-19,21H2,1-11H3/t23-,24?,25?,27+,28+,29+,30+,31-,33-,34+,35+,37+,38-,41+,42-,43?,46+/m1/s1. The van der Waals surface area contributed by atoms with Gasteiger partial charge in [0.25, 0.3) is 0 Å². The minimum Gasteiger partial charge on any atom is -0.462 e. The second kappa shape index (κ2) is 19.2. The van der Waals surface area contributed by atoms with E-state index in [-0.39, 0.29) is 102 Å². The molecule has 3 aliphatic carbocycles. The number of nitrogens with zero attached hydrogens (tertiary/aromatic N) is 2. The molecule has 3 saturated heterocycles. The first-order valence-electron chi connectivity index (χ1n) is 22.6. The highest BCUT2D eigenvalue weighted by molar-refractivity contribution is 7.11. The molecular weight excluding hydrogens is 789 g/mol. The number of carbonyl (C=O) groups excluding carboxylic acids is 3. The molecule has 7 rings (SSSR count). The number of ketones is 1. The van der Waals surface area contributed by atoms with Crippen LogP contribution in [-0.2, 0) is 52.3 Å². The van der Waals surface area contributed by atoms with Gasteiger partial charge in [0.05, 0.1) is 47.6 Å². The zero-order valence-electron chi connectivity index (χ0n) is 37.6. The van der Waals surface area contributed by atoms with Crippen molar-refractivity contribution in [3.8, 4) is 0 Å². The average Bonchev–Trinajstić information content (AvgIpc) is 3.93. The van der Waals surface area contributed by atoms with E-state index in [0.717, 1.165) is 36.4 Å². The highest BCUT2D eigenvalue weighted by Crippen LogP contribution is 2.62. The second-order valence-electron chi connectivity index (χ2n) is 18.6. The van der Waals surface area contributed by atoms with Gasteiger partial charge in [-0.15, -0.1) is 11.3 Å². The van der Waals surface area contributed by atoms with Crippen molar-refractivity contribution in [3.05, 3.63) is 27.2 Å². The molecule has 1 aromatic heterocycles. The normalized spacial score (nSPS) is 41.0. The van der Waals surface area contributed by atoms with Gasteiger partial charge in [-0.3, -0.25) is 14.4 Å². The molecule has 0 radical (unpaired) electrons. The first kappa shape index (κ1) is 45.7. The van der Waals surface area contributed by atoms with Crippen molar-refractivity contribution in [2.75, 3.05) is 28.4 Å². The van der Waals surface area contributed by atoms with Crippen molar-refractivity contribution in [1.82, 2.24) is 9.88 Å². The number of hydrogen-bond donors (Lipinski definition) is 0. The first-order valence-corrected chi connectivity index (χ1v) is 23.4. The molecule has 1 saturated carbocycles. The highest BCUT2D eigenvalue weighted by Gasteiger charge is 2.57. The number of esters is 1. The Labute approximate surface area is 360 Å². The molecule has 0 aromatic carbocycles. The lowest BCUT2D eigenvalue weighted by Gasteiger charge is -2.44. The van der Waals surface area contributed by atoms with Crippen LogP contribution in [0.25, 0.3) is 0 Å². The number of fused-ring (bicyclic) bond motifs is 8. The Kier molecular flexibility index (Phi) is 14.6. The number of methoxy groups -OCH3 is 3. The van der Waals surface area contributed by atoms with Crippen LogP contribution < -0.4 is 0 Å². The van der Waals surface area contributed by atoms with Crippen molar-refractivity contribution >= 4 is 29.0 Å². The smallest absolute Gasteiger partial charge is 0.306 e. The summed E-state index contributed by atoms with van der Waals surface area (Å²) in [5, 5.41) is 0.980. The van der Waals surface area contributed by atoms with Crippen molar-refractivity contribution in [2.24, 2.45) is 29.6 Å². The fourth-order valence-corrected chi connectivity index (χ4v) is 12.8. The molecule has 1 aromatic rings. The van der Waals surface area contributed by atoms with Crippen LogP contribution in [0.5, 0.6) is 0 Å². The second-order valence-corrected chi connectivity index (χ2v) is 19.9. The highest BCUT2D eigenvalue weighted by atomic mass is 32.1. The van der Waals surface area contributed by atoms with Crippen LogP contribution in [-0.4, -0.2) is 123 Å². The first-order chi connectivity index (χ1) is 28.7. The summed E-state index contributed by atoms with van der Waals surface area (Å²) >= 11 is 1.73. The topological polar surface area (TPSA) is 141 Å². The summed E-state index contributed by atoms with van der Waals surface area (Å²) in [5.74, 6) is -0.850. The van der Waals surface area contributed by atoms with Gasteiger partial charge in [-0.25, -0.2) is 4.98 Å². The average molecular weight is 859 g/mol. The molecule has 4 fully saturated rings. The molecule has 14 heteroatoms. The number of rotatable bonds is 10. The van der Waals surface area contributed by atoms with Crippen LogP contribution in [0.2, 0.25) is 0 Å². The largest absolute Gasteiger partial charge is 0.462 e. The molecule has 3 aliphatic heterocycles. The monoisotopic (exact) mass is 858 g/mol. The Morgan fingerprint density at radius 3 is 2.33 bits per heavy atom. The number of aryl methyl sites for hydroxylation is 1. The van der Waals surface area contributed by atoms with Crippen LogP contribution >= 0.6 is 11.3 Å². The fraction of sp³-hybridized carbons (Fsp3) is 0.826. The van der Waals surface area contributed by atoms with Gasteiger partial charge >= 0.3 is 5.97 Å². The zero-order chi connectivity index (χ0) is 43.2. The molecule has 336 valence electrons. The summed E-state index contributed by atoms with van der Waals surface area (Å²) in [5.41, 5.74) is 1.71. The van der Waals surface area contributed by atoms with Crippen LogP contribution in [0.4, 0.5) is 0 Å². The van der Waals surface area contributed by atoms with E-state index in [0.29, 0.717) is 31.3 Å². The lowest BCUT2D eigenvalue weighted by molar-refractivity contribution is -0.314. The Balaban J connectivity index is 1.15. The van der Waals surface area contributed by atoms with Crippen molar-refractivity contribution in [3.63, 3.8) is 0 Å². The van der Waals surface area contributed by atoms with Gasteiger partial charge in [-0.1, -0.05) is 33.8 Å². The lowest BCUT2D eigenvalue weighted by Crippen LogP contribution is -2.59. The van der Waals surface area contributed by atoms with Crippen LogP contribution in [0.15, 0.2) is 11.6 Å². The number of carbonyl (C=O) groups is 3. The van der Waals surface area contributed by atoms with E-state index in [4.69, 9.17) is 42.9 Å². The summed E-state index contributed by atoms with van der Waals surface area (Å²) in [6.07, 6.45) is 4.52. The molecule has 1 amide bonds. The Morgan fingerprint density at radius 1 is 0.933 bits per heavy atom. The van der Waals surface area contributed by atoms with Gasteiger partial charge in [-0.05, 0) is 83.1 Å². The van der Waals surface area contributed by atoms with Crippen LogP contribution in [0.1, 0.15) is 127 Å². The summed E-state index contributed by atoms with van der Waals surface area (Å²) in [4.78, 5) is 50.0. The van der Waals surface area contributed by atoms with Crippen molar-refractivity contribution in [2.45, 2.75) is 186 Å². The number of allylic oxidation sites excluding steroid dienone is 2. The van der Waals surface area contributed by atoms with Gasteiger partial charge < -0.3 is 42.8 Å². The predicted octanol–water partition coefficient (Wildman–Crippen LogP) is 6.88. The molecule has 4 heterocycles.